The Bertz CT molecular complexity index is 1220. The normalized spacial score (nSPS) is 12.1. The van der Waals surface area contributed by atoms with Crippen LogP contribution in [0.4, 0.5) is 0 Å². The van der Waals surface area contributed by atoms with Gasteiger partial charge in [0.2, 0.25) is 0 Å². The van der Waals surface area contributed by atoms with E-state index in [-0.39, 0.29) is 11.3 Å². The van der Waals surface area contributed by atoms with Crippen molar-refractivity contribution in [1.29, 1.82) is 0 Å². The Kier molecular flexibility index (Phi) is 4.74. The van der Waals surface area contributed by atoms with E-state index in [2.05, 4.69) is 41.2 Å². The van der Waals surface area contributed by atoms with Crippen LogP contribution in [0.2, 0.25) is 0 Å². The van der Waals surface area contributed by atoms with Gasteiger partial charge in [-0.2, -0.15) is 0 Å². The Morgan fingerprint density at radius 1 is 1.21 bits per heavy atom. The molecule has 0 fully saturated rings. The maximum absolute atomic E-state index is 12.6. The number of halogens is 1. The molecule has 0 spiro atoms. The van der Waals surface area contributed by atoms with E-state index in [1.807, 2.05) is 12.1 Å². The molecule has 3 heterocycles. The molecule has 8 nitrogen and oxygen atoms in total. The lowest BCUT2D eigenvalue weighted by Crippen LogP contribution is -2.29. The maximum atomic E-state index is 12.6. The lowest BCUT2D eigenvalue weighted by molar-refractivity contribution is 0.0912. The second-order valence-electron chi connectivity index (χ2n) is 6.10. The van der Waals surface area contributed by atoms with Gasteiger partial charge in [0, 0.05) is 22.1 Å². The van der Waals surface area contributed by atoms with E-state index < -0.39 is 11.9 Å². The number of nitrogens with one attached hydrogen (secondary N) is 2. The summed E-state index contributed by atoms with van der Waals surface area (Å²) in [5.41, 5.74) is 1.19. The van der Waals surface area contributed by atoms with Gasteiger partial charge in [0.25, 0.3) is 11.5 Å². The van der Waals surface area contributed by atoms with E-state index in [0.717, 1.165) is 9.86 Å². The molecule has 28 heavy (non-hydrogen) atoms. The van der Waals surface area contributed by atoms with Gasteiger partial charge in [-0.3, -0.25) is 9.59 Å². The molecule has 0 saturated heterocycles. The van der Waals surface area contributed by atoms with Crippen LogP contribution >= 0.6 is 15.9 Å². The molecule has 0 aliphatic heterocycles. The number of rotatable bonds is 4. The molecule has 1 unspecified atom stereocenters. The summed E-state index contributed by atoms with van der Waals surface area (Å²) in [7, 11) is 0. The molecule has 4 aromatic rings. The average Bonchev–Trinajstić information content (AvgIpc) is 3.11. The average molecular weight is 440 g/mol. The predicted octanol–water partition coefficient (Wildman–Crippen LogP) is 3.23. The Balaban J connectivity index is 1.59. The van der Waals surface area contributed by atoms with Crippen LogP contribution in [0.1, 0.15) is 29.3 Å². The van der Waals surface area contributed by atoms with Gasteiger partial charge in [-0.15, -0.1) is 0 Å². The molecule has 0 aliphatic rings. The Hall–Kier alpha value is -3.33. The van der Waals surface area contributed by atoms with Crippen LogP contribution in [-0.4, -0.2) is 25.8 Å². The number of H-pyrrole nitrogens is 1. The van der Waals surface area contributed by atoms with Gasteiger partial charge in [0.15, 0.2) is 5.76 Å². The van der Waals surface area contributed by atoms with E-state index in [9.17, 15) is 9.59 Å². The van der Waals surface area contributed by atoms with Crippen molar-refractivity contribution in [3.8, 4) is 11.4 Å². The number of fused-ring (bicyclic) bond motifs is 1. The smallest absolute Gasteiger partial charge is 0.287 e. The van der Waals surface area contributed by atoms with Crippen molar-refractivity contribution in [2.45, 2.75) is 13.0 Å². The summed E-state index contributed by atoms with van der Waals surface area (Å²) in [6.07, 6.45) is 2.94. The molecule has 9 heteroatoms. The van der Waals surface area contributed by atoms with Crippen molar-refractivity contribution >= 4 is 32.8 Å². The minimum absolute atomic E-state index is 0.175. The molecule has 3 aromatic heterocycles. The van der Waals surface area contributed by atoms with E-state index in [1.165, 1.54) is 12.4 Å². The first kappa shape index (κ1) is 18.1. The zero-order valence-electron chi connectivity index (χ0n) is 14.6. The lowest BCUT2D eigenvalue weighted by atomic mass is 10.2. The van der Waals surface area contributed by atoms with E-state index in [1.54, 1.807) is 31.3 Å². The fraction of sp³-hybridized carbons (Fsp3) is 0.105. The minimum Gasteiger partial charge on any atom is -0.451 e. The van der Waals surface area contributed by atoms with Crippen LogP contribution in [0, 0.1) is 0 Å². The maximum Gasteiger partial charge on any atom is 0.287 e. The highest BCUT2D eigenvalue weighted by Gasteiger charge is 2.18. The predicted molar refractivity (Wildman–Crippen MR) is 106 cm³/mol. The fourth-order valence-electron chi connectivity index (χ4n) is 2.72. The quantitative estimate of drug-likeness (QED) is 0.504. The molecular formula is C19H14BrN5O3. The largest absolute Gasteiger partial charge is 0.451 e. The molecule has 2 N–H and O–H groups in total. The SMILES string of the molecule is CC(NC(=O)c1cc2cc(Br)ccc2o1)c1nc(-c2ccncn2)cc(=O)[nH]1. The topological polar surface area (TPSA) is 114 Å². The monoisotopic (exact) mass is 439 g/mol. The molecule has 1 amide bonds. The summed E-state index contributed by atoms with van der Waals surface area (Å²) in [6.45, 7) is 1.72. The highest BCUT2D eigenvalue weighted by Crippen LogP contribution is 2.23. The zero-order valence-corrected chi connectivity index (χ0v) is 16.2. The Morgan fingerprint density at radius 3 is 2.86 bits per heavy atom. The van der Waals surface area contributed by atoms with Crippen LogP contribution in [0.3, 0.4) is 0 Å². The van der Waals surface area contributed by atoms with Crippen LogP contribution in [0.5, 0.6) is 0 Å². The van der Waals surface area contributed by atoms with Crippen molar-refractivity contribution in [3.63, 3.8) is 0 Å². The summed E-state index contributed by atoms with van der Waals surface area (Å²) < 4.78 is 6.49. The van der Waals surface area contributed by atoms with Crippen LogP contribution in [0.25, 0.3) is 22.4 Å². The lowest BCUT2D eigenvalue weighted by Gasteiger charge is -2.13. The highest BCUT2D eigenvalue weighted by molar-refractivity contribution is 9.10. The number of aromatic amines is 1. The second kappa shape index (κ2) is 7.35. The van der Waals surface area contributed by atoms with Gasteiger partial charge >= 0.3 is 0 Å². The number of carbonyl (C=O) groups is 1. The molecule has 0 aliphatic carbocycles. The molecule has 140 valence electrons. The van der Waals surface area contributed by atoms with E-state index in [0.29, 0.717) is 22.8 Å². The third-order valence-corrected chi connectivity index (χ3v) is 4.56. The molecule has 0 bridgehead atoms. The van der Waals surface area contributed by atoms with Crippen molar-refractivity contribution < 1.29 is 9.21 Å². The molecule has 1 atom stereocenters. The van der Waals surface area contributed by atoms with Crippen LogP contribution in [-0.2, 0) is 0 Å². The summed E-state index contributed by atoms with van der Waals surface area (Å²) in [5.74, 6) is 0.0810. The second-order valence-corrected chi connectivity index (χ2v) is 7.01. The summed E-state index contributed by atoms with van der Waals surface area (Å²) >= 11 is 3.39. The standard InChI is InChI=1S/C19H14BrN5O3/c1-10(18-24-14(8-17(26)25-18)13-4-5-21-9-22-13)23-19(27)16-7-11-6-12(20)2-3-15(11)28-16/h2-10H,1H3,(H,23,27)(H,24,25,26). The van der Waals surface area contributed by atoms with Gasteiger partial charge in [-0.1, -0.05) is 15.9 Å². The van der Waals surface area contributed by atoms with Gasteiger partial charge in [-0.05, 0) is 37.3 Å². The van der Waals surface area contributed by atoms with Crippen LogP contribution < -0.4 is 10.9 Å². The third-order valence-electron chi connectivity index (χ3n) is 4.06. The van der Waals surface area contributed by atoms with Gasteiger partial charge < -0.3 is 14.7 Å². The number of hydrogen-bond donors (Lipinski definition) is 2. The minimum atomic E-state index is -0.554. The number of carbonyl (C=O) groups excluding carboxylic acids is 1. The fourth-order valence-corrected chi connectivity index (χ4v) is 3.10. The zero-order chi connectivity index (χ0) is 19.7. The Morgan fingerprint density at radius 2 is 2.07 bits per heavy atom. The number of amides is 1. The van der Waals surface area contributed by atoms with Crippen molar-refractivity contribution in [3.05, 3.63) is 75.3 Å². The molecular weight excluding hydrogens is 426 g/mol. The van der Waals surface area contributed by atoms with Gasteiger partial charge in [0.1, 0.15) is 17.7 Å². The molecule has 0 radical (unpaired) electrons. The summed E-state index contributed by atoms with van der Waals surface area (Å²) in [5, 5.41) is 3.59. The van der Waals surface area contributed by atoms with Gasteiger partial charge in [0.05, 0.1) is 17.4 Å². The summed E-state index contributed by atoms with van der Waals surface area (Å²) in [4.78, 5) is 39.6. The highest BCUT2D eigenvalue weighted by atomic mass is 79.9. The Labute approximate surface area is 167 Å². The number of nitrogens with zero attached hydrogens (tertiary/aromatic N) is 3. The molecule has 4 rings (SSSR count). The van der Waals surface area contributed by atoms with Crippen molar-refractivity contribution in [1.82, 2.24) is 25.3 Å². The number of hydrogen-bond acceptors (Lipinski definition) is 6. The van der Waals surface area contributed by atoms with Crippen LogP contribution in [0.15, 0.2) is 62.6 Å². The van der Waals surface area contributed by atoms with Crippen molar-refractivity contribution in [2.24, 2.45) is 0 Å². The first-order valence-corrected chi connectivity index (χ1v) is 9.16. The van der Waals surface area contributed by atoms with Crippen molar-refractivity contribution in [2.75, 3.05) is 0 Å². The number of benzene rings is 1. The first-order chi connectivity index (χ1) is 13.5. The molecule has 0 saturated carbocycles. The first-order valence-electron chi connectivity index (χ1n) is 8.37. The number of aromatic nitrogens is 4. The summed E-state index contributed by atoms with van der Waals surface area (Å²) in [6, 6.07) is 9.59. The van der Waals surface area contributed by atoms with Gasteiger partial charge in [-0.25, -0.2) is 15.0 Å². The van der Waals surface area contributed by atoms with E-state index >= 15 is 0 Å². The third kappa shape index (κ3) is 3.70. The van der Waals surface area contributed by atoms with E-state index in [4.69, 9.17) is 4.42 Å². The number of furan rings is 1. The molecule has 1 aromatic carbocycles.